The Bertz CT molecular complexity index is 1440. The van der Waals surface area contributed by atoms with Gasteiger partial charge in [-0.25, -0.2) is 4.79 Å². The first-order chi connectivity index (χ1) is 16.4. The number of aromatic nitrogens is 2. The normalized spacial score (nSPS) is 11.0. The number of aryl methyl sites for hydroxylation is 1. The topological polar surface area (TPSA) is 73.1 Å². The zero-order valence-electron chi connectivity index (χ0n) is 19.0. The molecule has 4 rings (SSSR count). The van der Waals surface area contributed by atoms with E-state index < -0.39 is 0 Å². The van der Waals surface area contributed by atoms with E-state index in [4.69, 9.17) is 11.6 Å². The Balaban J connectivity index is 1.50. The highest BCUT2D eigenvalue weighted by Crippen LogP contribution is 2.18. The van der Waals surface area contributed by atoms with Gasteiger partial charge in [-0.1, -0.05) is 59.6 Å². The molecule has 3 aromatic carbocycles. The predicted octanol–water partition coefficient (Wildman–Crippen LogP) is 4.98. The minimum Gasteiger partial charge on any atom is -0.326 e. The number of para-hydroxylation sites is 1. The molecule has 1 aromatic heterocycles. The number of anilines is 1. The molecule has 6 nitrogen and oxygen atoms in total. The van der Waals surface area contributed by atoms with Crippen LogP contribution in [0.5, 0.6) is 0 Å². The molecular weight excluding hydrogens is 450 g/mol. The van der Waals surface area contributed by atoms with E-state index in [2.05, 4.69) is 5.32 Å². The van der Waals surface area contributed by atoms with Crippen molar-refractivity contribution in [2.45, 2.75) is 39.3 Å². The number of benzene rings is 3. The van der Waals surface area contributed by atoms with Crippen molar-refractivity contribution in [1.29, 1.82) is 0 Å². The highest BCUT2D eigenvalue weighted by molar-refractivity contribution is 6.31. The number of carbonyl (C=O) groups excluding carboxylic acids is 1. The van der Waals surface area contributed by atoms with Crippen molar-refractivity contribution in [1.82, 2.24) is 9.13 Å². The summed E-state index contributed by atoms with van der Waals surface area (Å²) in [7, 11) is 0. The van der Waals surface area contributed by atoms with E-state index in [-0.39, 0.29) is 30.2 Å². The summed E-state index contributed by atoms with van der Waals surface area (Å²) in [5.41, 5.74) is 2.55. The molecule has 0 spiro atoms. The van der Waals surface area contributed by atoms with Crippen molar-refractivity contribution in [3.63, 3.8) is 0 Å². The van der Waals surface area contributed by atoms with Gasteiger partial charge < -0.3 is 5.32 Å². The molecule has 0 aliphatic carbocycles. The first-order valence-electron chi connectivity index (χ1n) is 11.3. The molecule has 0 aliphatic heterocycles. The van der Waals surface area contributed by atoms with Gasteiger partial charge in [0, 0.05) is 23.7 Å². The van der Waals surface area contributed by atoms with Crippen molar-refractivity contribution in [3.8, 4) is 0 Å². The number of nitrogens with one attached hydrogen (secondary N) is 1. The molecule has 0 radical (unpaired) electrons. The van der Waals surface area contributed by atoms with Crippen LogP contribution in [0, 0.1) is 6.92 Å². The number of hydrogen-bond acceptors (Lipinski definition) is 3. The van der Waals surface area contributed by atoms with Crippen LogP contribution in [0.3, 0.4) is 0 Å². The minimum atomic E-state index is -0.382. The molecule has 0 saturated carbocycles. The van der Waals surface area contributed by atoms with Crippen molar-refractivity contribution >= 4 is 34.1 Å². The van der Waals surface area contributed by atoms with E-state index in [9.17, 15) is 14.4 Å². The lowest BCUT2D eigenvalue weighted by molar-refractivity contribution is -0.116. The van der Waals surface area contributed by atoms with Gasteiger partial charge in [-0.15, -0.1) is 0 Å². The van der Waals surface area contributed by atoms with E-state index in [1.807, 2.05) is 49.4 Å². The van der Waals surface area contributed by atoms with E-state index >= 15 is 0 Å². The predicted molar refractivity (Wildman–Crippen MR) is 137 cm³/mol. The Hall–Kier alpha value is -3.64. The van der Waals surface area contributed by atoms with Crippen molar-refractivity contribution in [3.05, 3.63) is 110 Å². The Kier molecular flexibility index (Phi) is 7.28. The fourth-order valence-electron chi connectivity index (χ4n) is 3.93. The lowest BCUT2D eigenvalue weighted by atomic mass is 10.2. The Morgan fingerprint density at radius 2 is 1.59 bits per heavy atom. The van der Waals surface area contributed by atoms with Crippen LogP contribution >= 0.6 is 11.6 Å². The van der Waals surface area contributed by atoms with Crippen LogP contribution in [0.15, 0.2) is 82.4 Å². The lowest BCUT2D eigenvalue weighted by Crippen LogP contribution is -2.40. The van der Waals surface area contributed by atoms with Crippen LogP contribution in [-0.4, -0.2) is 15.0 Å². The molecule has 174 valence electrons. The molecule has 7 heteroatoms. The largest absolute Gasteiger partial charge is 0.331 e. The molecule has 0 saturated heterocycles. The molecule has 0 fully saturated rings. The molecule has 0 aliphatic rings. The molecule has 1 heterocycles. The van der Waals surface area contributed by atoms with Crippen molar-refractivity contribution in [2.24, 2.45) is 0 Å². The third-order valence-corrected chi connectivity index (χ3v) is 6.16. The first kappa shape index (κ1) is 23.5. The van der Waals surface area contributed by atoms with Gasteiger partial charge in [0.2, 0.25) is 5.91 Å². The fourth-order valence-corrected chi connectivity index (χ4v) is 4.13. The van der Waals surface area contributed by atoms with E-state index in [1.165, 1.54) is 4.57 Å². The molecule has 0 atom stereocenters. The van der Waals surface area contributed by atoms with Crippen LogP contribution in [-0.2, 0) is 17.9 Å². The second-order valence-corrected chi connectivity index (χ2v) is 8.71. The summed E-state index contributed by atoms with van der Waals surface area (Å²) in [6, 6.07) is 22.1. The second-order valence-electron chi connectivity index (χ2n) is 8.31. The maximum absolute atomic E-state index is 13.3. The van der Waals surface area contributed by atoms with Crippen molar-refractivity contribution in [2.75, 3.05) is 5.32 Å². The highest BCUT2D eigenvalue weighted by Gasteiger charge is 2.14. The summed E-state index contributed by atoms with van der Waals surface area (Å²) in [4.78, 5) is 38.6. The minimum absolute atomic E-state index is 0.0918. The van der Waals surface area contributed by atoms with Crippen LogP contribution in [0.1, 0.15) is 30.4 Å². The molecule has 1 N–H and O–H groups in total. The van der Waals surface area contributed by atoms with Gasteiger partial charge in [0.1, 0.15) is 0 Å². The van der Waals surface area contributed by atoms with Crippen LogP contribution in [0.2, 0.25) is 5.02 Å². The maximum Gasteiger partial charge on any atom is 0.331 e. The summed E-state index contributed by atoms with van der Waals surface area (Å²) in [5.74, 6) is -0.0918. The van der Waals surface area contributed by atoms with Gasteiger partial charge >= 0.3 is 5.69 Å². The molecule has 34 heavy (non-hydrogen) atoms. The summed E-state index contributed by atoms with van der Waals surface area (Å²) in [6.07, 6.45) is 1.39. The molecular formula is C27H26ClN3O3. The Morgan fingerprint density at radius 3 is 2.35 bits per heavy atom. The van der Waals surface area contributed by atoms with Gasteiger partial charge in [-0.3, -0.25) is 18.7 Å². The van der Waals surface area contributed by atoms with Crippen LogP contribution in [0.4, 0.5) is 5.69 Å². The van der Waals surface area contributed by atoms with E-state index in [1.54, 1.807) is 34.9 Å². The Labute approximate surface area is 202 Å². The number of carbonyl (C=O) groups is 1. The number of hydrogen-bond donors (Lipinski definition) is 1. The third kappa shape index (κ3) is 5.29. The van der Waals surface area contributed by atoms with Gasteiger partial charge in [0.15, 0.2) is 0 Å². The third-order valence-electron chi connectivity index (χ3n) is 5.79. The number of fused-ring (bicyclic) bond motifs is 1. The molecule has 0 bridgehead atoms. The smallest absolute Gasteiger partial charge is 0.326 e. The van der Waals surface area contributed by atoms with Gasteiger partial charge in [-0.05, 0) is 55.7 Å². The Morgan fingerprint density at radius 1 is 0.882 bits per heavy atom. The second kappa shape index (κ2) is 10.5. The molecule has 0 unspecified atom stereocenters. The van der Waals surface area contributed by atoms with Gasteiger partial charge in [0.25, 0.3) is 5.56 Å². The number of halogens is 1. The first-order valence-corrected chi connectivity index (χ1v) is 11.6. The highest BCUT2D eigenvalue weighted by atomic mass is 35.5. The van der Waals surface area contributed by atoms with Gasteiger partial charge in [0.05, 0.1) is 17.4 Å². The monoisotopic (exact) mass is 475 g/mol. The fraction of sp³-hybridized carbons (Fsp3) is 0.222. The number of unbranched alkanes of at least 4 members (excludes halogenated alkanes) is 1. The maximum atomic E-state index is 13.3. The lowest BCUT2D eigenvalue weighted by Gasteiger charge is -2.15. The average molecular weight is 476 g/mol. The number of amides is 1. The number of nitrogens with zero attached hydrogens (tertiary/aromatic N) is 2. The van der Waals surface area contributed by atoms with Crippen LogP contribution in [0.25, 0.3) is 10.9 Å². The summed E-state index contributed by atoms with van der Waals surface area (Å²) in [5, 5.41) is 3.91. The van der Waals surface area contributed by atoms with Crippen LogP contribution < -0.4 is 16.6 Å². The quantitative estimate of drug-likeness (QED) is 0.365. The zero-order valence-corrected chi connectivity index (χ0v) is 19.7. The standard InChI is InChI=1S/C27H26ClN3O3/c1-19-13-15-21(16-14-19)29-25(32)12-6-7-17-30-26(33)22-9-3-5-11-24(22)31(27(30)34)18-20-8-2-4-10-23(20)28/h2-5,8-11,13-16H,6-7,12,17-18H2,1H3,(H,29,32). The summed E-state index contributed by atoms with van der Waals surface area (Å²) >= 11 is 6.32. The summed E-state index contributed by atoms with van der Waals surface area (Å²) in [6.45, 7) is 2.49. The van der Waals surface area contributed by atoms with E-state index in [0.29, 0.717) is 35.2 Å². The zero-order chi connectivity index (χ0) is 24.1. The SMILES string of the molecule is Cc1ccc(NC(=O)CCCCn2c(=O)c3ccccc3n(Cc3ccccc3Cl)c2=O)cc1. The average Bonchev–Trinajstić information content (AvgIpc) is 2.84. The van der Waals surface area contributed by atoms with Gasteiger partial charge in [-0.2, -0.15) is 0 Å². The van der Waals surface area contributed by atoms with Crippen molar-refractivity contribution < 1.29 is 4.79 Å². The number of rotatable bonds is 8. The molecule has 4 aromatic rings. The molecule has 1 amide bonds. The van der Waals surface area contributed by atoms with E-state index in [0.717, 1.165) is 16.8 Å². The summed E-state index contributed by atoms with van der Waals surface area (Å²) < 4.78 is 2.85.